The molecule has 2 nitrogen and oxygen atoms in total. The number of hydrogen-bond acceptors (Lipinski definition) is 1. The lowest BCUT2D eigenvalue weighted by Gasteiger charge is -2.13. The van der Waals surface area contributed by atoms with Crippen LogP contribution in [0.25, 0.3) is 0 Å². The van der Waals surface area contributed by atoms with E-state index in [4.69, 9.17) is 0 Å². The van der Waals surface area contributed by atoms with Crippen LogP contribution in [0, 0.1) is 17.5 Å². The van der Waals surface area contributed by atoms with E-state index in [0.29, 0.717) is 11.8 Å². The summed E-state index contributed by atoms with van der Waals surface area (Å²) < 4.78 is 39.6. The average molecular weight is 358 g/mol. The van der Waals surface area contributed by atoms with Crippen molar-refractivity contribution in [1.29, 1.82) is 0 Å². The van der Waals surface area contributed by atoms with E-state index in [0.717, 1.165) is 11.6 Å². The molecule has 110 valence electrons. The maximum atomic E-state index is 13.6. The molecule has 1 atom stereocenters. The highest BCUT2D eigenvalue weighted by Crippen LogP contribution is 2.29. The first kappa shape index (κ1) is 15.6. The lowest BCUT2D eigenvalue weighted by Crippen LogP contribution is -2.16. The van der Waals surface area contributed by atoms with Crippen molar-refractivity contribution in [3.05, 3.63) is 65.0 Å². The molecule has 0 saturated heterocycles. The normalized spacial score (nSPS) is 12.0. The summed E-state index contributed by atoms with van der Waals surface area (Å²) in [5.41, 5.74) is 0.704. The summed E-state index contributed by atoms with van der Waals surface area (Å²) in [5, 5.41) is 2.50. The fourth-order valence-corrected chi connectivity index (χ4v) is 2.25. The predicted octanol–water partition coefficient (Wildman–Crippen LogP) is 4.81. The van der Waals surface area contributed by atoms with Crippen LogP contribution in [0.4, 0.5) is 18.9 Å². The summed E-state index contributed by atoms with van der Waals surface area (Å²) >= 11 is 3.38. The van der Waals surface area contributed by atoms with Crippen molar-refractivity contribution in [2.24, 2.45) is 0 Å². The third-order valence-corrected chi connectivity index (χ3v) is 3.41. The molecule has 6 heteroatoms. The van der Waals surface area contributed by atoms with Crippen LogP contribution in [0.3, 0.4) is 0 Å². The van der Waals surface area contributed by atoms with Crippen LogP contribution < -0.4 is 5.32 Å². The summed E-state index contributed by atoms with van der Waals surface area (Å²) in [5.74, 6) is -5.34. The molecule has 0 spiro atoms. The molecular formula is C15H11BrF3NO. The zero-order valence-corrected chi connectivity index (χ0v) is 12.5. The molecule has 2 rings (SSSR count). The first-order valence-corrected chi connectivity index (χ1v) is 7.01. The molecule has 0 aliphatic heterocycles. The molecule has 0 fully saturated rings. The molecule has 0 saturated carbocycles. The Kier molecular flexibility index (Phi) is 4.67. The first-order valence-electron chi connectivity index (χ1n) is 6.09. The number of carbonyl (C=O) groups is 1. The number of carbonyl (C=O) groups excluding carboxylic acids is 1. The Hall–Kier alpha value is -1.82. The molecular weight excluding hydrogens is 347 g/mol. The zero-order chi connectivity index (χ0) is 15.6. The number of nitrogens with one attached hydrogen (secondary N) is 1. The minimum atomic E-state index is -1.66. The molecule has 0 radical (unpaired) electrons. The highest BCUT2D eigenvalue weighted by molar-refractivity contribution is 9.09. The number of amides is 1. The molecule has 0 aliphatic carbocycles. The summed E-state index contributed by atoms with van der Waals surface area (Å²) in [6.45, 7) is 1.86. The molecule has 0 aromatic heterocycles. The molecule has 1 unspecified atom stereocenters. The topological polar surface area (TPSA) is 29.1 Å². The number of hydrogen-bond donors (Lipinski definition) is 1. The van der Waals surface area contributed by atoms with Gasteiger partial charge in [0.2, 0.25) is 0 Å². The Morgan fingerprint density at radius 2 is 1.76 bits per heavy atom. The molecule has 21 heavy (non-hydrogen) atoms. The van der Waals surface area contributed by atoms with Gasteiger partial charge in [-0.1, -0.05) is 34.1 Å². The number of alkyl halides is 1. The molecule has 1 amide bonds. The van der Waals surface area contributed by atoms with Crippen LogP contribution in [0.5, 0.6) is 0 Å². The molecule has 2 aromatic carbocycles. The van der Waals surface area contributed by atoms with Crippen LogP contribution in [0.2, 0.25) is 0 Å². The van der Waals surface area contributed by atoms with Gasteiger partial charge in [0, 0.05) is 10.5 Å². The van der Waals surface area contributed by atoms with Crippen molar-refractivity contribution < 1.29 is 18.0 Å². The number of halogens is 4. The third kappa shape index (κ3) is 3.26. The summed E-state index contributed by atoms with van der Waals surface area (Å²) in [7, 11) is 0. The average Bonchev–Trinajstić information content (AvgIpc) is 2.45. The fourth-order valence-electron chi connectivity index (χ4n) is 1.85. The van der Waals surface area contributed by atoms with Gasteiger partial charge in [0.25, 0.3) is 5.91 Å². The van der Waals surface area contributed by atoms with Crippen molar-refractivity contribution in [2.45, 2.75) is 11.8 Å². The van der Waals surface area contributed by atoms with E-state index in [-0.39, 0.29) is 4.83 Å². The lowest BCUT2D eigenvalue weighted by molar-refractivity contribution is 0.102. The predicted molar refractivity (Wildman–Crippen MR) is 78.1 cm³/mol. The third-order valence-electron chi connectivity index (χ3n) is 2.92. The summed E-state index contributed by atoms with van der Waals surface area (Å²) in [6.07, 6.45) is 0. The van der Waals surface area contributed by atoms with E-state index < -0.39 is 28.9 Å². The van der Waals surface area contributed by atoms with Crippen LogP contribution >= 0.6 is 15.9 Å². The van der Waals surface area contributed by atoms with Crippen molar-refractivity contribution in [3.63, 3.8) is 0 Å². The highest BCUT2D eigenvalue weighted by Gasteiger charge is 2.19. The highest BCUT2D eigenvalue weighted by atomic mass is 79.9. The van der Waals surface area contributed by atoms with Crippen molar-refractivity contribution >= 4 is 27.5 Å². The largest absolute Gasteiger partial charge is 0.322 e. The van der Waals surface area contributed by atoms with E-state index >= 15 is 0 Å². The van der Waals surface area contributed by atoms with Crippen LogP contribution in [-0.4, -0.2) is 5.91 Å². The maximum absolute atomic E-state index is 13.6. The van der Waals surface area contributed by atoms with Gasteiger partial charge in [-0.15, -0.1) is 0 Å². The Labute approximate surface area is 128 Å². The van der Waals surface area contributed by atoms with Crippen molar-refractivity contribution in [2.75, 3.05) is 5.32 Å². The quantitative estimate of drug-likeness (QED) is 0.619. The summed E-state index contributed by atoms with van der Waals surface area (Å²) in [6, 6.07) is 8.55. The van der Waals surface area contributed by atoms with E-state index in [1.807, 2.05) is 6.92 Å². The van der Waals surface area contributed by atoms with Gasteiger partial charge in [-0.05, 0) is 30.7 Å². The van der Waals surface area contributed by atoms with Gasteiger partial charge in [0.1, 0.15) is 0 Å². The second-order valence-electron chi connectivity index (χ2n) is 4.38. The molecule has 1 N–H and O–H groups in total. The van der Waals surface area contributed by atoms with Gasteiger partial charge < -0.3 is 5.32 Å². The lowest BCUT2D eigenvalue weighted by atomic mass is 10.1. The number of para-hydroxylation sites is 1. The maximum Gasteiger partial charge on any atom is 0.258 e. The van der Waals surface area contributed by atoms with Crippen LogP contribution in [0.1, 0.15) is 27.7 Å². The van der Waals surface area contributed by atoms with Gasteiger partial charge in [0.15, 0.2) is 17.5 Å². The minimum absolute atomic E-state index is 0.0381. The van der Waals surface area contributed by atoms with Gasteiger partial charge in [-0.25, -0.2) is 13.2 Å². The van der Waals surface area contributed by atoms with Crippen molar-refractivity contribution in [3.8, 4) is 0 Å². The van der Waals surface area contributed by atoms with Crippen LogP contribution in [-0.2, 0) is 0 Å². The van der Waals surface area contributed by atoms with Crippen molar-refractivity contribution in [1.82, 2.24) is 0 Å². The smallest absolute Gasteiger partial charge is 0.258 e. The molecule has 0 aliphatic rings. The van der Waals surface area contributed by atoms with E-state index in [1.165, 1.54) is 0 Å². The monoisotopic (exact) mass is 357 g/mol. The second kappa shape index (κ2) is 6.30. The second-order valence-corrected chi connectivity index (χ2v) is 5.75. The van der Waals surface area contributed by atoms with Gasteiger partial charge in [-0.2, -0.15) is 0 Å². The Bertz CT molecular complexity index is 689. The number of benzene rings is 2. The summed E-state index contributed by atoms with van der Waals surface area (Å²) in [4.78, 5) is 12.0. The van der Waals surface area contributed by atoms with E-state index in [9.17, 15) is 18.0 Å². The Morgan fingerprint density at radius 3 is 2.43 bits per heavy atom. The van der Waals surface area contributed by atoms with Gasteiger partial charge in [0.05, 0.1) is 5.56 Å². The standard InChI is InChI=1S/C15H11BrF3NO/c1-8(16)9-4-2-3-5-12(9)20-15(21)10-6-7-11(17)14(19)13(10)18/h2-8H,1H3,(H,20,21). The first-order chi connectivity index (χ1) is 9.91. The molecule has 0 heterocycles. The number of rotatable bonds is 3. The van der Waals surface area contributed by atoms with Crippen LogP contribution in [0.15, 0.2) is 36.4 Å². The SMILES string of the molecule is CC(Br)c1ccccc1NC(=O)c1ccc(F)c(F)c1F. The van der Waals surface area contributed by atoms with Gasteiger partial charge in [-0.3, -0.25) is 4.79 Å². The molecule has 0 bridgehead atoms. The molecule has 2 aromatic rings. The zero-order valence-electron chi connectivity index (χ0n) is 11.0. The van der Waals surface area contributed by atoms with E-state index in [2.05, 4.69) is 21.2 Å². The van der Waals surface area contributed by atoms with E-state index in [1.54, 1.807) is 24.3 Å². The minimum Gasteiger partial charge on any atom is -0.322 e. The van der Waals surface area contributed by atoms with Gasteiger partial charge >= 0.3 is 0 Å². The fraction of sp³-hybridized carbons (Fsp3) is 0.133. The Balaban J connectivity index is 2.33. The number of anilines is 1. The Morgan fingerprint density at radius 1 is 1.10 bits per heavy atom.